The highest BCUT2D eigenvalue weighted by Crippen LogP contribution is 2.14. The molecule has 1 aromatic heterocycles. The van der Waals surface area contributed by atoms with Gasteiger partial charge in [0, 0.05) is 6.54 Å². The summed E-state index contributed by atoms with van der Waals surface area (Å²) in [5, 5.41) is 19.9. The number of hydrogen-bond donors (Lipinski definition) is 2. The Morgan fingerprint density at radius 2 is 2.05 bits per heavy atom. The van der Waals surface area contributed by atoms with Crippen LogP contribution in [0, 0.1) is 5.82 Å². The third kappa shape index (κ3) is 2.87. The molecule has 0 bridgehead atoms. The maximum Gasteiger partial charge on any atom is 0.360 e. The van der Waals surface area contributed by atoms with Crippen molar-refractivity contribution in [1.82, 2.24) is 15.0 Å². The fraction of sp³-hybridized carbons (Fsp3) is 0.250. The van der Waals surface area contributed by atoms with E-state index in [-0.39, 0.29) is 17.3 Å². The largest absolute Gasteiger partial charge is 0.476 e. The molecule has 0 unspecified atom stereocenters. The molecular weight excluding hydrogens is 251 g/mol. The number of carbonyl (C=O) groups is 1. The van der Waals surface area contributed by atoms with E-state index < -0.39 is 5.97 Å². The highest BCUT2D eigenvalue weighted by Gasteiger charge is 2.18. The van der Waals surface area contributed by atoms with Crippen molar-refractivity contribution in [2.24, 2.45) is 0 Å². The molecule has 0 aliphatic heterocycles. The average Bonchev–Trinajstić information content (AvgIpc) is 2.81. The highest BCUT2D eigenvalue weighted by molar-refractivity contribution is 5.90. The van der Waals surface area contributed by atoms with E-state index in [1.807, 2.05) is 6.92 Å². The van der Waals surface area contributed by atoms with Crippen molar-refractivity contribution in [2.75, 3.05) is 11.9 Å². The molecule has 7 heteroatoms. The molecule has 0 aliphatic carbocycles. The minimum atomic E-state index is -1.16. The van der Waals surface area contributed by atoms with Gasteiger partial charge in [-0.15, -0.1) is 15.0 Å². The highest BCUT2D eigenvalue weighted by atomic mass is 19.1. The van der Waals surface area contributed by atoms with E-state index in [0.29, 0.717) is 12.2 Å². The van der Waals surface area contributed by atoms with E-state index in [2.05, 4.69) is 15.5 Å². The summed E-state index contributed by atoms with van der Waals surface area (Å²) in [7, 11) is 0. The van der Waals surface area contributed by atoms with Crippen molar-refractivity contribution in [3.63, 3.8) is 0 Å². The lowest BCUT2D eigenvalue weighted by Crippen LogP contribution is -2.06. The Balaban J connectivity index is 2.36. The Morgan fingerprint density at radius 3 is 2.63 bits per heavy atom. The van der Waals surface area contributed by atoms with E-state index in [1.165, 1.54) is 29.1 Å². The topological polar surface area (TPSA) is 80.0 Å². The molecule has 19 heavy (non-hydrogen) atoms. The summed E-state index contributed by atoms with van der Waals surface area (Å²) >= 11 is 0. The van der Waals surface area contributed by atoms with E-state index in [0.717, 1.165) is 6.42 Å². The van der Waals surface area contributed by atoms with Crippen molar-refractivity contribution in [3.8, 4) is 5.69 Å². The van der Waals surface area contributed by atoms with Crippen molar-refractivity contribution in [2.45, 2.75) is 13.3 Å². The monoisotopic (exact) mass is 264 g/mol. The van der Waals surface area contributed by atoms with E-state index in [9.17, 15) is 9.18 Å². The molecule has 0 amide bonds. The van der Waals surface area contributed by atoms with Crippen LogP contribution in [0.15, 0.2) is 24.3 Å². The maximum atomic E-state index is 12.8. The first kappa shape index (κ1) is 13.0. The van der Waals surface area contributed by atoms with Gasteiger partial charge >= 0.3 is 5.97 Å². The second-order valence-corrected chi connectivity index (χ2v) is 3.90. The van der Waals surface area contributed by atoms with E-state index in [4.69, 9.17) is 5.11 Å². The fourth-order valence-corrected chi connectivity index (χ4v) is 1.50. The molecule has 2 aromatic rings. The number of carboxylic acids is 1. The van der Waals surface area contributed by atoms with Crippen LogP contribution in [0.3, 0.4) is 0 Å². The fourth-order valence-electron chi connectivity index (χ4n) is 1.50. The van der Waals surface area contributed by atoms with Crippen molar-refractivity contribution < 1.29 is 14.3 Å². The first-order valence-corrected chi connectivity index (χ1v) is 5.82. The van der Waals surface area contributed by atoms with Crippen LogP contribution in [0.4, 0.5) is 10.2 Å². The quantitative estimate of drug-likeness (QED) is 0.862. The van der Waals surface area contributed by atoms with Crippen LogP contribution >= 0.6 is 0 Å². The van der Waals surface area contributed by atoms with Crippen LogP contribution in [0.5, 0.6) is 0 Å². The van der Waals surface area contributed by atoms with Crippen molar-refractivity contribution >= 4 is 11.8 Å². The number of rotatable bonds is 5. The number of nitrogens with one attached hydrogen (secondary N) is 1. The predicted octanol–water partition coefficient (Wildman–Crippen LogP) is 1.93. The van der Waals surface area contributed by atoms with Gasteiger partial charge in [0.05, 0.1) is 5.69 Å². The lowest BCUT2D eigenvalue weighted by molar-refractivity contribution is 0.0691. The van der Waals surface area contributed by atoms with Gasteiger partial charge in [-0.1, -0.05) is 6.92 Å². The van der Waals surface area contributed by atoms with Gasteiger partial charge in [-0.25, -0.2) is 9.18 Å². The molecule has 2 N–H and O–H groups in total. The molecule has 0 aliphatic rings. The minimum absolute atomic E-state index is 0.155. The van der Waals surface area contributed by atoms with Crippen molar-refractivity contribution in [1.29, 1.82) is 0 Å². The van der Waals surface area contributed by atoms with Gasteiger partial charge in [0.2, 0.25) is 5.69 Å². The number of hydrogen-bond acceptors (Lipinski definition) is 4. The third-order valence-corrected chi connectivity index (χ3v) is 2.42. The number of anilines is 1. The van der Waals surface area contributed by atoms with E-state index in [1.54, 1.807) is 0 Å². The molecule has 100 valence electrons. The second kappa shape index (κ2) is 5.47. The number of aromatic carboxylic acids is 1. The summed E-state index contributed by atoms with van der Waals surface area (Å²) in [6.07, 6.45) is 0.836. The van der Waals surface area contributed by atoms with Gasteiger partial charge in [-0.3, -0.25) is 0 Å². The molecule has 0 radical (unpaired) electrons. The average molecular weight is 264 g/mol. The van der Waals surface area contributed by atoms with Gasteiger partial charge in [0.1, 0.15) is 5.82 Å². The summed E-state index contributed by atoms with van der Waals surface area (Å²) in [6, 6.07) is 5.48. The number of nitrogens with zero attached hydrogens (tertiary/aromatic N) is 3. The second-order valence-electron chi connectivity index (χ2n) is 3.90. The Labute approximate surface area is 108 Å². The summed E-state index contributed by atoms with van der Waals surface area (Å²) in [6.45, 7) is 2.56. The van der Waals surface area contributed by atoms with Crippen LogP contribution in [-0.2, 0) is 0 Å². The number of carboxylic acid groups (broad SMARTS) is 1. The van der Waals surface area contributed by atoms with Gasteiger partial charge in [0.15, 0.2) is 5.82 Å². The molecule has 2 rings (SSSR count). The predicted molar refractivity (Wildman–Crippen MR) is 67.1 cm³/mol. The lowest BCUT2D eigenvalue weighted by Gasteiger charge is -1.99. The standard InChI is InChI=1S/C12H13FN4O2/c1-2-7-14-11-10(12(18)19)15-17(16-11)9-5-3-8(13)4-6-9/h3-6H,2,7H2,1H3,(H,14,16)(H,18,19). The zero-order valence-corrected chi connectivity index (χ0v) is 10.3. The van der Waals surface area contributed by atoms with Gasteiger partial charge in [-0.05, 0) is 30.7 Å². The number of halogens is 1. The molecule has 0 spiro atoms. The molecule has 1 aromatic carbocycles. The summed E-state index contributed by atoms with van der Waals surface area (Å²) in [5.74, 6) is -1.33. The zero-order valence-electron chi connectivity index (χ0n) is 10.3. The van der Waals surface area contributed by atoms with Crippen LogP contribution in [0.1, 0.15) is 23.8 Å². The summed E-state index contributed by atoms with van der Waals surface area (Å²) in [5.41, 5.74) is 0.339. The SMILES string of the molecule is CCCNc1nn(-c2ccc(F)cc2)nc1C(=O)O. The lowest BCUT2D eigenvalue weighted by atomic mass is 10.3. The normalized spacial score (nSPS) is 10.4. The molecule has 1 heterocycles. The van der Waals surface area contributed by atoms with Crippen LogP contribution in [0.2, 0.25) is 0 Å². The van der Waals surface area contributed by atoms with Gasteiger partial charge in [-0.2, -0.15) is 0 Å². The summed E-state index contributed by atoms with van der Waals surface area (Å²) in [4.78, 5) is 12.2. The molecular formula is C12H13FN4O2. The molecule has 0 fully saturated rings. The smallest absolute Gasteiger partial charge is 0.360 e. The van der Waals surface area contributed by atoms with Crippen molar-refractivity contribution in [3.05, 3.63) is 35.8 Å². The molecule has 0 atom stereocenters. The third-order valence-electron chi connectivity index (χ3n) is 2.42. The first-order valence-electron chi connectivity index (χ1n) is 5.82. The minimum Gasteiger partial charge on any atom is -0.476 e. The molecule has 6 nitrogen and oxygen atoms in total. The van der Waals surface area contributed by atoms with Gasteiger partial charge < -0.3 is 10.4 Å². The van der Waals surface area contributed by atoms with Crippen LogP contribution < -0.4 is 5.32 Å². The summed E-state index contributed by atoms with van der Waals surface area (Å²) < 4.78 is 12.8. The Hall–Kier alpha value is -2.44. The first-order chi connectivity index (χ1) is 9.11. The molecule has 0 saturated carbocycles. The van der Waals surface area contributed by atoms with Gasteiger partial charge in [0.25, 0.3) is 0 Å². The zero-order chi connectivity index (χ0) is 13.8. The maximum absolute atomic E-state index is 12.8. The van der Waals surface area contributed by atoms with Crippen LogP contribution in [-0.4, -0.2) is 32.6 Å². The number of aromatic nitrogens is 3. The van der Waals surface area contributed by atoms with E-state index >= 15 is 0 Å². The Morgan fingerprint density at radius 1 is 1.37 bits per heavy atom. The Kier molecular flexibility index (Phi) is 3.74. The molecule has 0 saturated heterocycles. The Bertz CT molecular complexity index is 580. The van der Waals surface area contributed by atoms with Crippen LogP contribution in [0.25, 0.3) is 5.69 Å². The number of benzene rings is 1.